The van der Waals surface area contributed by atoms with E-state index >= 15 is 0 Å². The first kappa shape index (κ1) is 32.4. The minimum Gasteiger partial charge on any atom is -0.736 e. The molecule has 0 aliphatic carbocycles. The van der Waals surface area contributed by atoms with Gasteiger partial charge in [-0.2, -0.15) is 0 Å². The molecule has 44 heavy (non-hydrogen) atoms. The molecule has 8 nitrogen and oxygen atoms in total. The van der Waals surface area contributed by atoms with E-state index in [-0.39, 0.29) is 41.1 Å². The van der Waals surface area contributed by atoms with Crippen molar-refractivity contribution in [3.8, 4) is 23.0 Å². The van der Waals surface area contributed by atoms with Crippen LogP contribution in [0.3, 0.4) is 0 Å². The summed E-state index contributed by atoms with van der Waals surface area (Å²) in [5.41, 5.74) is 2.53. The Morgan fingerprint density at radius 3 is 1.43 bits per heavy atom. The molecule has 0 N–H and O–H groups in total. The largest absolute Gasteiger partial charge is 1.00 e. The van der Waals surface area contributed by atoms with Gasteiger partial charge in [-0.15, -0.1) is 0 Å². The maximum Gasteiger partial charge on any atom is 1.00 e. The van der Waals surface area contributed by atoms with E-state index in [9.17, 15) is 9.46 Å². The average molecular weight is 657 g/mol. The van der Waals surface area contributed by atoms with Crippen molar-refractivity contribution in [2.45, 2.75) is 19.6 Å². The Bertz CT molecular complexity index is 1710. The van der Waals surface area contributed by atoms with E-state index in [1.165, 1.54) is 23.5 Å². The summed E-state index contributed by atoms with van der Waals surface area (Å²) in [7, 11) is 1.24. The summed E-state index contributed by atoms with van der Waals surface area (Å²) >= 11 is 2.89. The zero-order valence-electron chi connectivity index (χ0n) is 24.6. The molecule has 220 valence electrons. The topological polar surface area (TPSA) is 95.5 Å². The summed E-state index contributed by atoms with van der Waals surface area (Å²) in [5, 5.41) is 0. The van der Waals surface area contributed by atoms with Crippen LogP contribution in [0.4, 0.5) is 0 Å². The van der Waals surface area contributed by atoms with Crippen LogP contribution in [-0.4, -0.2) is 28.4 Å². The molecule has 4 aromatic rings. The Labute approximate surface area is 286 Å². The van der Waals surface area contributed by atoms with Crippen molar-refractivity contribution in [2.75, 3.05) is 28.4 Å². The van der Waals surface area contributed by atoms with Gasteiger partial charge in [-0.1, -0.05) is 35.7 Å². The van der Waals surface area contributed by atoms with E-state index in [1.807, 2.05) is 48.5 Å². The minimum atomic E-state index is -5.04. The number of methoxy groups -OCH3 is 4. The first-order chi connectivity index (χ1) is 20.8. The Hall–Kier alpha value is -2.95. The van der Waals surface area contributed by atoms with Gasteiger partial charge in [0.2, 0.25) is 0 Å². The van der Waals surface area contributed by atoms with Crippen LogP contribution in [0.1, 0.15) is 22.3 Å². The number of hydrogen-bond acceptors (Lipinski definition) is 10. The van der Waals surface area contributed by atoms with Crippen molar-refractivity contribution in [3.63, 3.8) is 0 Å². The summed E-state index contributed by atoms with van der Waals surface area (Å²) in [4.78, 5) is 16.9. The third-order valence-corrected chi connectivity index (χ3v) is 10.1. The Balaban J connectivity index is 0.00000384. The van der Waals surface area contributed by atoms with E-state index in [4.69, 9.17) is 28.0 Å². The second-order valence-corrected chi connectivity index (χ2v) is 12.7. The van der Waals surface area contributed by atoms with Gasteiger partial charge in [-0.25, -0.2) is 4.57 Å². The SMILES string of the molecule is COc1ccc2c(c1)C=C(OP(=O)([O-])OC1=Cc3cc(OC)ccc3Sc3c(OC)cccc31)c1cccc(OC)c1S2.[Na+]. The van der Waals surface area contributed by atoms with Crippen LogP contribution in [0.15, 0.2) is 92.4 Å². The molecular weight excluding hydrogens is 630 g/mol. The van der Waals surface area contributed by atoms with Gasteiger partial charge in [0.1, 0.15) is 34.5 Å². The average Bonchev–Trinajstić information content (AvgIpc) is 3.26. The molecule has 0 radical (unpaired) electrons. The fourth-order valence-corrected chi connectivity index (χ4v) is 7.80. The van der Waals surface area contributed by atoms with Gasteiger partial charge in [0, 0.05) is 20.9 Å². The van der Waals surface area contributed by atoms with Crippen molar-refractivity contribution in [1.82, 2.24) is 0 Å². The smallest absolute Gasteiger partial charge is 0.736 e. The molecule has 0 bridgehead atoms. The van der Waals surface area contributed by atoms with Crippen molar-refractivity contribution in [1.29, 1.82) is 0 Å². The van der Waals surface area contributed by atoms with E-state index < -0.39 is 7.82 Å². The molecule has 2 aliphatic heterocycles. The maximum absolute atomic E-state index is 13.8. The Morgan fingerprint density at radius 2 is 1.05 bits per heavy atom. The normalized spacial score (nSPS) is 13.1. The van der Waals surface area contributed by atoms with Crippen molar-refractivity contribution < 1.29 is 67.0 Å². The van der Waals surface area contributed by atoms with Crippen molar-refractivity contribution >= 4 is 55.0 Å². The predicted octanol–water partition coefficient (Wildman–Crippen LogP) is 4.85. The van der Waals surface area contributed by atoms with E-state index in [0.29, 0.717) is 43.9 Å². The molecule has 0 amide bonds. The third-order valence-electron chi connectivity index (χ3n) is 6.78. The van der Waals surface area contributed by atoms with Gasteiger partial charge in [0.25, 0.3) is 0 Å². The van der Waals surface area contributed by atoms with Gasteiger partial charge in [0.15, 0.2) is 0 Å². The second kappa shape index (κ2) is 13.6. The molecule has 2 heterocycles. The zero-order valence-corrected chi connectivity index (χ0v) is 29.1. The number of ether oxygens (including phenoxy) is 4. The molecule has 0 saturated heterocycles. The first-order valence-electron chi connectivity index (χ1n) is 13.0. The first-order valence-corrected chi connectivity index (χ1v) is 16.1. The van der Waals surface area contributed by atoms with Crippen LogP contribution in [0.25, 0.3) is 23.7 Å². The van der Waals surface area contributed by atoms with Crippen molar-refractivity contribution in [3.05, 3.63) is 95.1 Å². The molecule has 0 fully saturated rings. The zero-order chi connectivity index (χ0) is 30.1. The Morgan fingerprint density at radius 1 is 0.614 bits per heavy atom. The summed E-state index contributed by atoms with van der Waals surface area (Å²) in [5.74, 6) is 2.58. The van der Waals surface area contributed by atoms with Crippen LogP contribution in [-0.2, 0) is 13.6 Å². The predicted molar refractivity (Wildman–Crippen MR) is 166 cm³/mol. The number of phosphoric acid groups is 1. The van der Waals surface area contributed by atoms with Gasteiger partial charge in [-0.3, -0.25) is 0 Å². The van der Waals surface area contributed by atoms with Crippen LogP contribution < -0.4 is 53.4 Å². The molecule has 0 spiro atoms. The van der Waals surface area contributed by atoms with Crippen molar-refractivity contribution in [2.24, 2.45) is 0 Å². The monoisotopic (exact) mass is 656 g/mol. The minimum absolute atomic E-state index is 0. The fraction of sp³-hybridized carbons (Fsp3) is 0.125. The number of hydrogen-bond donors (Lipinski definition) is 0. The van der Waals surface area contributed by atoms with Gasteiger partial charge >= 0.3 is 37.4 Å². The molecule has 6 rings (SSSR count). The van der Waals surface area contributed by atoms with E-state index in [2.05, 4.69) is 0 Å². The second-order valence-electron chi connectivity index (χ2n) is 9.33. The van der Waals surface area contributed by atoms with E-state index in [0.717, 1.165) is 20.9 Å². The van der Waals surface area contributed by atoms with Crippen LogP contribution in [0, 0.1) is 0 Å². The molecule has 0 saturated carbocycles. The van der Waals surface area contributed by atoms with Gasteiger partial charge in [-0.05, 0) is 83.9 Å². The number of fused-ring (bicyclic) bond motifs is 4. The van der Waals surface area contributed by atoms with Crippen LogP contribution in [0.2, 0.25) is 0 Å². The number of phosphoric ester groups is 1. The summed E-state index contributed by atoms with van der Waals surface area (Å²) in [6.07, 6.45) is 3.33. The molecule has 12 heteroatoms. The summed E-state index contributed by atoms with van der Waals surface area (Å²) in [6, 6.07) is 21.9. The molecular formula is C32H26NaO8PS2. The standard InChI is InChI=1S/C32H27O8PS2.Na/c1-35-21-11-13-29-19(15-21)17-27(23-7-5-9-25(37-3)31(23)42-29)39-41(33,34)40-28-18-20-16-22(36-2)12-14-30(20)43-32-24(28)8-6-10-26(32)38-4;/h5-18H,1-4H3,(H,33,34);/q;+1/p-1. The number of rotatable bonds is 8. The quantitative estimate of drug-likeness (QED) is 0.194. The molecule has 2 aliphatic rings. The molecule has 0 aromatic heterocycles. The third kappa shape index (κ3) is 6.53. The maximum atomic E-state index is 13.8. The fourth-order valence-electron chi connectivity index (χ4n) is 4.74. The summed E-state index contributed by atoms with van der Waals surface area (Å²) < 4.78 is 47.4. The molecule has 4 aromatic carbocycles. The Kier molecular flexibility index (Phi) is 10.0. The number of benzene rings is 4. The van der Waals surface area contributed by atoms with Crippen LogP contribution >= 0.6 is 31.3 Å². The molecule has 0 atom stereocenters. The van der Waals surface area contributed by atoms with Gasteiger partial charge in [0.05, 0.1) is 38.2 Å². The van der Waals surface area contributed by atoms with Crippen LogP contribution in [0.5, 0.6) is 23.0 Å². The van der Waals surface area contributed by atoms with Gasteiger partial charge < -0.3 is 32.9 Å². The summed E-state index contributed by atoms with van der Waals surface area (Å²) in [6.45, 7) is 0. The molecule has 0 unspecified atom stereocenters. The van der Waals surface area contributed by atoms with E-state index in [1.54, 1.807) is 64.9 Å².